The number of esters is 3. The number of urea groups is 1. The molecule has 34 heavy (non-hydrogen) atoms. The molecule has 2 aliphatic heterocycles. The summed E-state index contributed by atoms with van der Waals surface area (Å²) in [5.41, 5.74) is 13.0. The first-order valence-corrected chi connectivity index (χ1v) is 10.1. The number of nitrogens with two attached hydrogens (primary N) is 2. The van der Waals surface area contributed by atoms with E-state index < -0.39 is 52.4 Å². The predicted molar refractivity (Wildman–Crippen MR) is 112 cm³/mol. The number of ether oxygens (including phenoxy) is 4. The minimum absolute atomic E-state index is 0.0270. The molecule has 0 saturated carbocycles. The molecular formula is C19H28N6O9. The Morgan fingerprint density at radius 2 is 1.35 bits per heavy atom. The molecule has 15 nitrogen and oxygen atoms in total. The Kier molecular flexibility index (Phi) is 7.30. The zero-order valence-corrected chi connectivity index (χ0v) is 19.6. The zero-order chi connectivity index (χ0) is 26.0. The molecule has 0 aromatic heterocycles. The smallest absolute Gasteiger partial charge is 0.426 e. The molecule has 0 saturated heterocycles. The molecule has 0 aromatic carbocycles. The SMILES string of the molecule is CCOC(=O)NN1C(C)=C(C(=O)OCC)C2(C(=O)OC)C(C(=O)OC)=C(C)N(NC(N)=O)C12N. The van der Waals surface area contributed by atoms with Crippen LogP contribution in [-0.2, 0) is 33.3 Å². The lowest BCUT2D eigenvalue weighted by Crippen LogP contribution is -2.76. The van der Waals surface area contributed by atoms with Crippen LogP contribution in [0.5, 0.6) is 0 Å². The van der Waals surface area contributed by atoms with Gasteiger partial charge in [0.25, 0.3) is 0 Å². The van der Waals surface area contributed by atoms with E-state index in [1.165, 1.54) is 20.8 Å². The quantitative estimate of drug-likeness (QED) is 0.251. The maximum Gasteiger partial charge on any atom is 0.426 e. The summed E-state index contributed by atoms with van der Waals surface area (Å²) in [6.45, 7) is 5.60. The third-order valence-corrected chi connectivity index (χ3v) is 5.44. The summed E-state index contributed by atoms with van der Waals surface area (Å²) in [6.07, 6.45) is -1.02. The van der Waals surface area contributed by atoms with E-state index in [0.717, 1.165) is 24.2 Å². The van der Waals surface area contributed by atoms with E-state index in [4.69, 9.17) is 30.4 Å². The lowest BCUT2D eigenvalue weighted by atomic mass is 9.71. The van der Waals surface area contributed by atoms with Crippen molar-refractivity contribution in [3.8, 4) is 0 Å². The van der Waals surface area contributed by atoms with Gasteiger partial charge in [0.05, 0.1) is 38.6 Å². The molecule has 2 atom stereocenters. The number of carbonyl (C=O) groups excluding carboxylic acids is 5. The molecule has 6 N–H and O–H groups in total. The highest BCUT2D eigenvalue weighted by Gasteiger charge is 2.79. The van der Waals surface area contributed by atoms with Crippen molar-refractivity contribution in [1.29, 1.82) is 0 Å². The number of hydrogen-bond acceptors (Lipinski definition) is 12. The van der Waals surface area contributed by atoms with E-state index in [-0.39, 0.29) is 24.6 Å². The average molecular weight is 484 g/mol. The molecule has 0 spiro atoms. The van der Waals surface area contributed by atoms with Crippen LogP contribution >= 0.6 is 0 Å². The Morgan fingerprint density at radius 3 is 1.79 bits per heavy atom. The van der Waals surface area contributed by atoms with Gasteiger partial charge >= 0.3 is 30.0 Å². The number of amides is 3. The molecular weight excluding hydrogens is 456 g/mol. The van der Waals surface area contributed by atoms with Crippen LogP contribution in [0.4, 0.5) is 9.59 Å². The van der Waals surface area contributed by atoms with Gasteiger partial charge in [0.1, 0.15) is 0 Å². The Labute approximate surface area is 194 Å². The first-order chi connectivity index (χ1) is 15.9. The van der Waals surface area contributed by atoms with Gasteiger partial charge in [-0.05, 0) is 27.7 Å². The Balaban J connectivity index is 3.04. The second-order valence-electron chi connectivity index (χ2n) is 7.08. The first-order valence-electron chi connectivity index (χ1n) is 10.1. The molecule has 0 bridgehead atoms. The van der Waals surface area contributed by atoms with E-state index in [2.05, 4.69) is 10.9 Å². The highest BCUT2D eigenvalue weighted by atomic mass is 16.6. The molecule has 0 aromatic rings. The Bertz CT molecular complexity index is 993. The van der Waals surface area contributed by atoms with Crippen LogP contribution in [0.3, 0.4) is 0 Å². The number of methoxy groups -OCH3 is 2. The van der Waals surface area contributed by atoms with E-state index >= 15 is 0 Å². The van der Waals surface area contributed by atoms with Gasteiger partial charge in [-0.25, -0.2) is 40.0 Å². The van der Waals surface area contributed by atoms with Gasteiger partial charge in [-0.1, -0.05) is 0 Å². The van der Waals surface area contributed by atoms with Crippen LogP contribution in [0.15, 0.2) is 22.5 Å². The fourth-order valence-electron chi connectivity index (χ4n) is 4.32. The highest BCUT2D eigenvalue weighted by Crippen LogP contribution is 2.60. The molecule has 15 heteroatoms. The van der Waals surface area contributed by atoms with Crippen molar-refractivity contribution in [1.82, 2.24) is 20.9 Å². The monoisotopic (exact) mass is 484 g/mol. The number of fused-ring (bicyclic) bond motifs is 1. The van der Waals surface area contributed by atoms with Crippen LogP contribution in [0, 0.1) is 5.41 Å². The van der Waals surface area contributed by atoms with E-state index in [1.807, 2.05) is 0 Å². The number of hydrazine groups is 2. The average Bonchev–Trinajstić information content (AvgIpc) is 3.08. The molecule has 2 heterocycles. The van der Waals surface area contributed by atoms with Crippen LogP contribution in [0.1, 0.15) is 27.7 Å². The van der Waals surface area contributed by atoms with Gasteiger partial charge < -0.3 is 24.7 Å². The fourth-order valence-corrected chi connectivity index (χ4v) is 4.32. The van der Waals surface area contributed by atoms with Gasteiger partial charge in [0.2, 0.25) is 5.79 Å². The van der Waals surface area contributed by atoms with Crippen molar-refractivity contribution in [3.63, 3.8) is 0 Å². The molecule has 0 radical (unpaired) electrons. The van der Waals surface area contributed by atoms with Crippen molar-refractivity contribution in [2.24, 2.45) is 16.9 Å². The topological polar surface area (TPSA) is 205 Å². The van der Waals surface area contributed by atoms with Crippen LogP contribution < -0.4 is 22.3 Å². The van der Waals surface area contributed by atoms with Crippen molar-refractivity contribution < 1.29 is 42.9 Å². The normalized spacial score (nSPS) is 23.4. The number of hydrogen-bond donors (Lipinski definition) is 4. The van der Waals surface area contributed by atoms with Gasteiger partial charge in [-0.15, -0.1) is 0 Å². The number of carbonyl (C=O) groups is 5. The van der Waals surface area contributed by atoms with Crippen molar-refractivity contribution in [2.45, 2.75) is 33.5 Å². The summed E-state index contributed by atoms with van der Waals surface area (Å²) >= 11 is 0. The highest BCUT2D eigenvalue weighted by molar-refractivity contribution is 6.11. The fraction of sp³-hybridized carbons (Fsp3) is 0.526. The summed E-state index contributed by atoms with van der Waals surface area (Å²) < 4.78 is 19.9. The van der Waals surface area contributed by atoms with Gasteiger partial charge in [0.15, 0.2) is 5.41 Å². The standard InChI is InChI=1S/C19H28N6O9/c1-7-33-14(27)12-10(4)25(23-17(30)34-8-2)19(21)18(12,15(28)32-6)11(13(26)31-5)9(3)24(19)22-16(20)29/h7-8,21H2,1-6H3,(H,23,30)(H3,20,22,29). The minimum atomic E-state index is -2.47. The van der Waals surface area contributed by atoms with E-state index in [1.54, 1.807) is 6.92 Å². The molecule has 2 unspecified atom stereocenters. The maximum atomic E-state index is 13.5. The number of primary amides is 1. The first kappa shape index (κ1) is 26.2. The summed E-state index contributed by atoms with van der Waals surface area (Å²) in [5.74, 6) is -5.71. The summed E-state index contributed by atoms with van der Waals surface area (Å²) in [4.78, 5) is 64.0. The van der Waals surface area contributed by atoms with Crippen molar-refractivity contribution in [2.75, 3.05) is 27.4 Å². The molecule has 3 amide bonds. The Morgan fingerprint density at radius 1 is 0.853 bits per heavy atom. The second kappa shape index (κ2) is 9.46. The second-order valence-corrected chi connectivity index (χ2v) is 7.08. The lowest BCUT2D eigenvalue weighted by Gasteiger charge is -2.47. The summed E-state index contributed by atoms with van der Waals surface area (Å²) in [7, 11) is 2.05. The van der Waals surface area contributed by atoms with E-state index in [0.29, 0.717) is 0 Å². The van der Waals surface area contributed by atoms with Gasteiger partial charge in [-0.2, -0.15) is 0 Å². The predicted octanol–water partition coefficient (Wildman–Crippen LogP) is -1.08. The number of nitrogens with zero attached hydrogens (tertiary/aromatic N) is 2. The Hall–Kier alpha value is -4.01. The molecule has 0 fully saturated rings. The molecule has 188 valence electrons. The van der Waals surface area contributed by atoms with Crippen LogP contribution in [0.25, 0.3) is 0 Å². The molecule has 2 aliphatic rings. The summed E-state index contributed by atoms with van der Waals surface area (Å²) in [5, 5.41) is 1.75. The van der Waals surface area contributed by atoms with Gasteiger partial charge in [0, 0.05) is 11.4 Å². The maximum absolute atomic E-state index is 13.5. The number of allylic oxidation sites excluding steroid dienone is 2. The zero-order valence-electron chi connectivity index (χ0n) is 19.6. The third kappa shape index (κ3) is 3.44. The van der Waals surface area contributed by atoms with Crippen LogP contribution in [0.2, 0.25) is 0 Å². The lowest BCUT2D eigenvalue weighted by molar-refractivity contribution is -0.168. The largest absolute Gasteiger partial charge is 0.468 e. The van der Waals surface area contributed by atoms with Crippen molar-refractivity contribution >= 4 is 30.0 Å². The van der Waals surface area contributed by atoms with Gasteiger partial charge in [-0.3, -0.25) is 10.5 Å². The summed E-state index contributed by atoms with van der Waals surface area (Å²) in [6, 6.07) is -1.13. The minimum Gasteiger partial charge on any atom is -0.468 e. The molecule has 2 rings (SSSR count). The van der Waals surface area contributed by atoms with Crippen molar-refractivity contribution in [3.05, 3.63) is 22.5 Å². The third-order valence-electron chi connectivity index (χ3n) is 5.44. The number of rotatable bonds is 7. The van der Waals surface area contributed by atoms with E-state index in [9.17, 15) is 24.0 Å². The van der Waals surface area contributed by atoms with Crippen LogP contribution in [-0.4, -0.2) is 73.3 Å². The number of nitrogens with one attached hydrogen (secondary N) is 2. The molecule has 0 aliphatic carbocycles.